The second kappa shape index (κ2) is 2.41. The Morgan fingerprint density at radius 3 is 1.78 bits per heavy atom. The van der Waals surface area contributed by atoms with E-state index in [0.717, 1.165) is 0 Å². The fourth-order valence-corrected chi connectivity index (χ4v) is 1.52. The molecule has 0 aliphatic carbocycles. The molecular weight excluding hydrogens is 139 g/mol. The van der Waals surface area contributed by atoms with Gasteiger partial charge in [-0.3, -0.25) is 4.57 Å². The normalized spacial score (nSPS) is 19.2. The van der Waals surface area contributed by atoms with Crippen LogP contribution in [0.1, 0.15) is 20.8 Å². The van der Waals surface area contributed by atoms with Crippen LogP contribution in [0.4, 0.5) is 0 Å². The van der Waals surface area contributed by atoms with E-state index in [1.54, 1.807) is 20.8 Å². The van der Waals surface area contributed by atoms with Crippen LogP contribution in [0.25, 0.3) is 0 Å². The molecule has 0 fully saturated rings. The third-order valence-electron chi connectivity index (χ3n) is 0.443. The summed E-state index contributed by atoms with van der Waals surface area (Å²) in [6, 6.07) is 0. The molecule has 0 amide bonds. The van der Waals surface area contributed by atoms with Crippen LogP contribution in [-0.4, -0.2) is 17.2 Å². The van der Waals surface area contributed by atoms with Crippen LogP contribution in [0.3, 0.4) is 0 Å². The zero-order chi connectivity index (χ0) is 7.71. The van der Waals surface area contributed by atoms with Gasteiger partial charge in [0, 0.05) is 6.66 Å². The first-order valence-corrected chi connectivity index (χ1v) is 4.74. The van der Waals surface area contributed by atoms with Gasteiger partial charge in [-0.1, -0.05) is 0 Å². The standard InChI is InChI=1S/C5H13O3P/c1-5(2,3)8-9(4,6)7/h1-4H3,(H,6,7). The monoisotopic (exact) mass is 152 g/mol. The van der Waals surface area contributed by atoms with E-state index in [2.05, 4.69) is 0 Å². The van der Waals surface area contributed by atoms with E-state index in [9.17, 15) is 4.57 Å². The Balaban J connectivity index is 3.90. The van der Waals surface area contributed by atoms with Gasteiger partial charge in [-0.25, -0.2) is 0 Å². The Morgan fingerprint density at radius 1 is 1.44 bits per heavy atom. The van der Waals surface area contributed by atoms with Crippen molar-refractivity contribution in [3.05, 3.63) is 0 Å². The van der Waals surface area contributed by atoms with Crippen molar-refractivity contribution in [1.82, 2.24) is 0 Å². The van der Waals surface area contributed by atoms with E-state index in [-0.39, 0.29) is 0 Å². The molecule has 1 N–H and O–H groups in total. The first-order chi connectivity index (χ1) is 3.71. The van der Waals surface area contributed by atoms with Crippen molar-refractivity contribution >= 4 is 7.60 Å². The lowest BCUT2D eigenvalue weighted by molar-refractivity contribution is 0.114. The van der Waals surface area contributed by atoms with Crippen LogP contribution in [0.15, 0.2) is 0 Å². The molecule has 0 aromatic rings. The molecule has 4 heteroatoms. The van der Waals surface area contributed by atoms with Crippen LogP contribution in [0.2, 0.25) is 0 Å². The van der Waals surface area contributed by atoms with Crippen LogP contribution in [0, 0.1) is 0 Å². The predicted molar refractivity (Wildman–Crippen MR) is 36.6 cm³/mol. The van der Waals surface area contributed by atoms with Crippen molar-refractivity contribution in [2.45, 2.75) is 26.4 Å². The van der Waals surface area contributed by atoms with E-state index < -0.39 is 13.2 Å². The Kier molecular flexibility index (Phi) is 2.45. The molecule has 0 aromatic heterocycles. The molecule has 0 bridgehead atoms. The van der Waals surface area contributed by atoms with Gasteiger partial charge in [0.15, 0.2) is 0 Å². The fraction of sp³-hybridized carbons (Fsp3) is 1.00. The molecule has 1 unspecified atom stereocenters. The van der Waals surface area contributed by atoms with Crippen molar-refractivity contribution < 1.29 is 14.0 Å². The molecule has 0 saturated heterocycles. The second-order valence-corrected chi connectivity index (χ2v) is 4.80. The number of hydrogen-bond acceptors (Lipinski definition) is 2. The first kappa shape index (κ1) is 9.15. The van der Waals surface area contributed by atoms with Gasteiger partial charge >= 0.3 is 7.60 Å². The molecule has 0 radical (unpaired) electrons. The molecule has 0 heterocycles. The SMILES string of the molecule is CC(C)(C)OP(C)(=O)O. The van der Waals surface area contributed by atoms with Crippen molar-refractivity contribution in [2.24, 2.45) is 0 Å². The summed E-state index contributed by atoms with van der Waals surface area (Å²) in [4.78, 5) is 8.69. The summed E-state index contributed by atoms with van der Waals surface area (Å²) >= 11 is 0. The van der Waals surface area contributed by atoms with E-state index in [1.807, 2.05) is 0 Å². The van der Waals surface area contributed by atoms with E-state index in [4.69, 9.17) is 9.42 Å². The second-order valence-electron chi connectivity index (χ2n) is 3.01. The summed E-state index contributed by atoms with van der Waals surface area (Å²) in [6.45, 7) is 6.39. The van der Waals surface area contributed by atoms with Gasteiger partial charge in [0.25, 0.3) is 0 Å². The average Bonchev–Trinajstić information content (AvgIpc) is 1.14. The van der Waals surface area contributed by atoms with E-state index in [0.29, 0.717) is 0 Å². The Morgan fingerprint density at radius 2 is 1.78 bits per heavy atom. The Labute approximate surface area is 55.6 Å². The maximum Gasteiger partial charge on any atom is 0.325 e. The maximum atomic E-state index is 10.6. The van der Waals surface area contributed by atoms with Crippen molar-refractivity contribution in [1.29, 1.82) is 0 Å². The summed E-state index contributed by atoms with van der Waals surface area (Å²) in [6.07, 6.45) is 0. The molecule has 0 spiro atoms. The van der Waals surface area contributed by atoms with Gasteiger partial charge in [0.1, 0.15) is 0 Å². The minimum atomic E-state index is -3.29. The van der Waals surface area contributed by atoms with Gasteiger partial charge in [-0.05, 0) is 20.8 Å². The van der Waals surface area contributed by atoms with Crippen LogP contribution in [-0.2, 0) is 9.09 Å². The molecule has 56 valence electrons. The molecule has 0 aliphatic rings. The third-order valence-corrected chi connectivity index (χ3v) is 1.33. The highest BCUT2D eigenvalue weighted by atomic mass is 31.2. The fourth-order valence-electron chi connectivity index (χ4n) is 0.508. The lowest BCUT2D eigenvalue weighted by atomic mass is 10.2. The van der Waals surface area contributed by atoms with Gasteiger partial charge in [-0.2, -0.15) is 0 Å². The van der Waals surface area contributed by atoms with Crippen molar-refractivity contribution in [3.63, 3.8) is 0 Å². The Bertz CT molecular complexity index is 130. The minimum absolute atomic E-state index is 0.529. The van der Waals surface area contributed by atoms with Gasteiger partial charge < -0.3 is 9.42 Å². The van der Waals surface area contributed by atoms with Gasteiger partial charge in [-0.15, -0.1) is 0 Å². The van der Waals surface area contributed by atoms with E-state index >= 15 is 0 Å². The molecule has 0 saturated carbocycles. The highest BCUT2D eigenvalue weighted by molar-refractivity contribution is 7.51. The highest BCUT2D eigenvalue weighted by Gasteiger charge is 2.20. The molecular formula is C5H13O3P. The van der Waals surface area contributed by atoms with Crippen LogP contribution >= 0.6 is 7.60 Å². The Hall–Kier alpha value is 0.150. The molecule has 9 heavy (non-hydrogen) atoms. The van der Waals surface area contributed by atoms with Gasteiger partial charge in [0.05, 0.1) is 5.60 Å². The van der Waals surface area contributed by atoms with Crippen molar-refractivity contribution in [3.8, 4) is 0 Å². The number of hydrogen-bond donors (Lipinski definition) is 1. The minimum Gasteiger partial charge on any atom is -0.324 e. The van der Waals surface area contributed by atoms with Gasteiger partial charge in [0.2, 0.25) is 0 Å². The molecule has 1 atom stereocenters. The largest absolute Gasteiger partial charge is 0.325 e. The van der Waals surface area contributed by atoms with Crippen molar-refractivity contribution in [2.75, 3.05) is 6.66 Å². The smallest absolute Gasteiger partial charge is 0.324 e. The maximum absolute atomic E-state index is 10.6. The summed E-state index contributed by atoms with van der Waals surface area (Å²) in [5, 5.41) is 0. The highest BCUT2D eigenvalue weighted by Crippen LogP contribution is 2.41. The lowest BCUT2D eigenvalue weighted by Crippen LogP contribution is -2.16. The zero-order valence-corrected chi connectivity index (χ0v) is 7.11. The van der Waals surface area contributed by atoms with E-state index in [1.165, 1.54) is 6.66 Å². The summed E-state index contributed by atoms with van der Waals surface area (Å²) in [7, 11) is -3.29. The third kappa shape index (κ3) is 8.15. The molecule has 0 aromatic carbocycles. The topological polar surface area (TPSA) is 46.5 Å². The quantitative estimate of drug-likeness (QED) is 0.580. The predicted octanol–water partition coefficient (Wildman–Crippen LogP) is 1.62. The van der Waals surface area contributed by atoms with Crippen LogP contribution < -0.4 is 0 Å². The summed E-state index contributed by atoms with van der Waals surface area (Å²) in [5.41, 5.74) is -0.529. The zero-order valence-electron chi connectivity index (χ0n) is 6.21. The average molecular weight is 152 g/mol. The van der Waals surface area contributed by atoms with Crippen LogP contribution in [0.5, 0.6) is 0 Å². The lowest BCUT2D eigenvalue weighted by Gasteiger charge is -2.20. The summed E-state index contributed by atoms with van der Waals surface area (Å²) < 4.78 is 15.3. The molecule has 3 nitrogen and oxygen atoms in total. The molecule has 0 rings (SSSR count). The number of rotatable bonds is 1. The summed E-state index contributed by atoms with van der Waals surface area (Å²) in [5.74, 6) is 0. The first-order valence-electron chi connectivity index (χ1n) is 2.72. The molecule has 0 aliphatic heterocycles.